The molecule has 4 heteroatoms. The highest BCUT2D eigenvalue weighted by Crippen LogP contribution is 2.26. The van der Waals surface area contributed by atoms with Crippen LogP contribution in [0, 0.1) is 0 Å². The summed E-state index contributed by atoms with van der Waals surface area (Å²) in [5.41, 5.74) is 7.07. The molecular weight excluding hydrogens is 212 g/mol. The Morgan fingerprint density at radius 1 is 1.27 bits per heavy atom. The fourth-order valence-electron chi connectivity index (χ4n) is 1.35. The standard InChI is InChI=1S/C11H9ClN2O/c12-9-4-2-1-3-8(9)7-5-10(13)11(15)14-6-7/h1-6H,13H2,(H,14,15). The molecule has 1 aromatic heterocycles. The monoisotopic (exact) mass is 220 g/mol. The summed E-state index contributed by atoms with van der Waals surface area (Å²) in [6.45, 7) is 0. The maximum absolute atomic E-state index is 11.1. The predicted molar refractivity (Wildman–Crippen MR) is 61.9 cm³/mol. The Bertz CT molecular complexity index is 548. The van der Waals surface area contributed by atoms with Crippen LogP contribution in [0.4, 0.5) is 5.69 Å². The van der Waals surface area contributed by atoms with Gasteiger partial charge in [-0.2, -0.15) is 0 Å². The number of anilines is 1. The van der Waals surface area contributed by atoms with Gasteiger partial charge in [-0.25, -0.2) is 0 Å². The number of pyridine rings is 1. The van der Waals surface area contributed by atoms with E-state index in [-0.39, 0.29) is 11.2 Å². The highest BCUT2D eigenvalue weighted by Gasteiger charge is 2.03. The van der Waals surface area contributed by atoms with Gasteiger partial charge in [0.25, 0.3) is 5.56 Å². The Kier molecular flexibility index (Phi) is 2.47. The van der Waals surface area contributed by atoms with Crippen molar-refractivity contribution in [3.05, 3.63) is 51.9 Å². The second kappa shape index (κ2) is 3.79. The quantitative estimate of drug-likeness (QED) is 0.775. The molecule has 76 valence electrons. The second-order valence-electron chi connectivity index (χ2n) is 3.15. The third-order valence-electron chi connectivity index (χ3n) is 2.12. The van der Waals surface area contributed by atoms with Crippen LogP contribution in [-0.2, 0) is 0 Å². The summed E-state index contributed by atoms with van der Waals surface area (Å²) in [5.74, 6) is 0. The van der Waals surface area contributed by atoms with E-state index in [4.69, 9.17) is 17.3 Å². The number of hydrogen-bond acceptors (Lipinski definition) is 2. The lowest BCUT2D eigenvalue weighted by atomic mass is 10.1. The van der Waals surface area contributed by atoms with Gasteiger partial charge < -0.3 is 10.7 Å². The van der Waals surface area contributed by atoms with E-state index in [2.05, 4.69) is 4.98 Å². The fraction of sp³-hybridized carbons (Fsp3) is 0. The van der Waals surface area contributed by atoms with Gasteiger partial charge in [0.2, 0.25) is 0 Å². The maximum Gasteiger partial charge on any atom is 0.271 e. The molecule has 0 saturated heterocycles. The SMILES string of the molecule is Nc1cc(-c2ccccc2Cl)c[nH]c1=O. The number of benzene rings is 1. The van der Waals surface area contributed by atoms with Crippen molar-refractivity contribution in [2.24, 2.45) is 0 Å². The number of rotatable bonds is 1. The predicted octanol–water partition coefficient (Wildman–Crippen LogP) is 2.28. The summed E-state index contributed by atoms with van der Waals surface area (Å²) < 4.78 is 0. The first-order valence-corrected chi connectivity index (χ1v) is 4.79. The van der Waals surface area contributed by atoms with Crippen LogP contribution in [0.5, 0.6) is 0 Å². The third-order valence-corrected chi connectivity index (χ3v) is 2.45. The molecule has 0 radical (unpaired) electrons. The minimum Gasteiger partial charge on any atom is -0.394 e. The summed E-state index contributed by atoms with van der Waals surface area (Å²) in [4.78, 5) is 13.6. The number of nitrogen functional groups attached to an aromatic ring is 1. The van der Waals surface area contributed by atoms with Crippen LogP contribution in [0.1, 0.15) is 0 Å². The van der Waals surface area contributed by atoms with E-state index in [0.29, 0.717) is 5.02 Å². The van der Waals surface area contributed by atoms with E-state index in [9.17, 15) is 4.79 Å². The molecule has 0 saturated carbocycles. The summed E-state index contributed by atoms with van der Waals surface area (Å²) in [5, 5.41) is 0.629. The molecule has 3 N–H and O–H groups in total. The van der Waals surface area contributed by atoms with Crippen LogP contribution < -0.4 is 11.3 Å². The third kappa shape index (κ3) is 1.87. The van der Waals surface area contributed by atoms with Gasteiger partial charge in [-0.1, -0.05) is 29.8 Å². The zero-order valence-corrected chi connectivity index (χ0v) is 8.58. The van der Waals surface area contributed by atoms with E-state index >= 15 is 0 Å². The van der Waals surface area contributed by atoms with Crippen molar-refractivity contribution >= 4 is 17.3 Å². The van der Waals surface area contributed by atoms with E-state index in [1.165, 1.54) is 0 Å². The maximum atomic E-state index is 11.1. The van der Waals surface area contributed by atoms with Crippen molar-refractivity contribution in [1.82, 2.24) is 4.98 Å². The largest absolute Gasteiger partial charge is 0.394 e. The first kappa shape index (κ1) is 9.80. The van der Waals surface area contributed by atoms with Crippen LogP contribution in [0.15, 0.2) is 41.3 Å². The smallest absolute Gasteiger partial charge is 0.271 e. The van der Waals surface area contributed by atoms with Crippen LogP contribution in [0.25, 0.3) is 11.1 Å². The second-order valence-corrected chi connectivity index (χ2v) is 3.56. The molecule has 0 atom stereocenters. The van der Waals surface area contributed by atoms with Crippen molar-refractivity contribution in [3.8, 4) is 11.1 Å². The van der Waals surface area contributed by atoms with Gasteiger partial charge in [-0.3, -0.25) is 4.79 Å². The molecule has 0 aliphatic heterocycles. The minimum atomic E-state index is -0.286. The minimum absolute atomic E-state index is 0.187. The zero-order valence-electron chi connectivity index (χ0n) is 7.83. The van der Waals surface area contributed by atoms with Crippen molar-refractivity contribution in [1.29, 1.82) is 0 Å². The highest BCUT2D eigenvalue weighted by atomic mass is 35.5. The van der Waals surface area contributed by atoms with Crippen molar-refractivity contribution < 1.29 is 0 Å². The molecule has 0 amide bonds. The molecule has 0 aliphatic rings. The Morgan fingerprint density at radius 3 is 2.67 bits per heavy atom. The molecule has 0 fully saturated rings. The van der Waals surface area contributed by atoms with Crippen LogP contribution in [0.2, 0.25) is 5.02 Å². The van der Waals surface area contributed by atoms with E-state index in [1.54, 1.807) is 18.3 Å². The number of H-pyrrole nitrogens is 1. The molecule has 0 unspecified atom stereocenters. The Hall–Kier alpha value is -1.74. The Balaban J connectivity index is 2.60. The molecular formula is C11H9ClN2O. The lowest BCUT2D eigenvalue weighted by molar-refractivity contribution is 1.25. The number of hydrogen-bond donors (Lipinski definition) is 2. The van der Waals surface area contributed by atoms with Crippen molar-refractivity contribution in [2.75, 3.05) is 5.73 Å². The van der Waals surface area contributed by atoms with Crippen molar-refractivity contribution in [3.63, 3.8) is 0 Å². The number of aromatic nitrogens is 1. The van der Waals surface area contributed by atoms with Gasteiger partial charge >= 0.3 is 0 Å². The average Bonchev–Trinajstić information content (AvgIpc) is 2.23. The van der Waals surface area contributed by atoms with E-state index < -0.39 is 0 Å². The summed E-state index contributed by atoms with van der Waals surface area (Å²) in [7, 11) is 0. The first-order valence-electron chi connectivity index (χ1n) is 4.41. The van der Waals surface area contributed by atoms with E-state index in [0.717, 1.165) is 11.1 Å². The van der Waals surface area contributed by atoms with Gasteiger partial charge in [0, 0.05) is 22.3 Å². The zero-order chi connectivity index (χ0) is 10.8. The van der Waals surface area contributed by atoms with Crippen molar-refractivity contribution in [2.45, 2.75) is 0 Å². The number of nitrogens with two attached hydrogens (primary N) is 1. The molecule has 2 aromatic rings. The number of nitrogens with one attached hydrogen (secondary N) is 1. The topological polar surface area (TPSA) is 58.9 Å². The normalized spacial score (nSPS) is 10.2. The molecule has 0 aliphatic carbocycles. The lowest BCUT2D eigenvalue weighted by Crippen LogP contribution is -2.10. The average molecular weight is 221 g/mol. The number of halogens is 1. The van der Waals surface area contributed by atoms with Crippen LogP contribution in [0.3, 0.4) is 0 Å². The van der Waals surface area contributed by atoms with Gasteiger partial charge in [-0.15, -0.1) is 0 Å². The molecule has 0 bridgehead atoms. The van der Waals surface area contributed by atoms with Gasteiger partial charge in [0.05, 0.1) is 5.69 Å². The molecule has 1 aromatic carbocycles. The summed E-state index contributed by atoms with van der Waals surface area (Å²) in [6.07, 6.45) is 1.60. The van der Waals surface area contributed by atoms with Crippen LogP contribution in [-0.4, -0.2) is 4.98 Å². The Labute approximate surface area is 91.5 Å². The molecule has 3 nitrogen and oxygen atoms in total. The first-order chi connectivity index (χ1) is 7.18. The lowest BCUT2D eigenvalue weighted by Gasteiger charge is -2.04. The van der Waals surface area contributed by atoms with Gasteiger partial charge in [-0.05, 0) is 12.1 Å². The van der Waals surface area contributed by atoms with E-state index in [1.807, 2.05) is 18.2 Å². The molecule has 0 spiro atoms. The molecule has 2 rings (SSSR count). The highest BCUT2D eigenvalue weighted by molar-refractivity contribution is 6.33. The van der Waals surface area contributed by atoms with Crippen LogP contribution >= 0.6 is 11.6 Å². The number of aromatic amines is 1. The Morgan fingerprint density at radius 2 is 2.00 bits per heavy atom. The summed E-state index contributed by atoms with van der Waals surface area (Å²) in [6, 6.07) is 9.00. The van der Waals surface area contributed by atoms with Gasteiger partial charge in [0.15, 0.2) is 0 Å². The fourth-order valence-corrected chi connectivity index (χ4v) is 1.60. The summed E-state index contributed by atoms with van der Waals surface area (Å²) >= 11 is 6.02. The molecule has 1 heterocycles. The van der Waals surface area contributed by atoms with Gasteiger partial charge in [0.1, 0.15) is 0 Å². The molecule has 15 heavy (non-hydrogen) atoms.